The number of halogens is 1. The number of hydrogen-bond donors (Lipinski definition) is 0. The number of hydrogen-bond acceptors (Lipinski definition) is 5. The standard InChI is InChI=1S/C19H21BrN6O/c1-3-15-16(26-12-13(2)11-14(20)17(26)23-15)18(27)24-7-9-25(10-8-24)19-21-5-4-6-22-19/h4-6,11-12H,3,7-10H2,1-2H3. The smallest absolute Gasteiger partial charge is 0.272 e. The minimum Gasteiger partial charge on any atom is -0.337 e. The van der Waals surface area contributed by atoms with Gasteiger partial charge in [0.1, 0.15) is 5.69 Å². The molecule has 3 aromatic heterocycles. The first-order chi connectivity index (χ1) is 13.1. The molecule has 8 heteroatoms. The molecule has 0 unspecified atom stereocenters. The number of aromatic nitrogens is 4. The van der Waals surface area contributed by atoms with Gasteiger partial charge in [-0.2, -0.15) is 0 Å². The monoisotopic (exact) mass is 428 g/mol. The van der Waals surface area contributed by atoms with Crippen molar-refractivity contribution in [2.45, 2.75) is 20.3 Å². The average molecular weight is 429 g/mol. The Morgan fingerprint density at radius 3 is 2.56 bits per heavy atom. The molecular weight excluding hydrogens is 408 g/mol. The van der Waals surface area contributed by atoms with Gasteiger partial charge < -0.3 is 9.80 Å². The highest BCUT2D eigenvalue weighted by molar-refractivity contribution is 9.10. The molecular formula is C19H21BrN6O. The predicted octanol–water partition coefficient (Wildman–Crippen LogP) is 2.72. The summed E-state index contributed by atoms with van der Waals surface area (Å²) >= 11 is 3.57. The zero-order valence-corrected chi connectivity index (χ0v) is 17.0. The van der Waals surface area contributed by atoms with Crippen molar-refractivity contribution in [2.75, 3.05) is 31.1 Å². The topological polar surface area (TPSA) is 66.6 Å². The minimum absolute atomic E-state index is 0.0329. The molecule has 0 saturated carbocycles. The van der Waals surface area contributed by atoms with E-state index in [0.29, 0.717) is 31.2 Å². The van der Waals surface area contributed by atoms with E-state index in [1.165, 1.54) is 0 Å². The van der Waals surface area contributed by atoms with Crippen LogP contribution in [-0.2, 0) is 6.42 Å². The molecule has 1 aliphatic rings. The Labute approximate surface area is 166 Å². The molecule has 27 heavy (non-hydrogen) atoms. The lowest BCUT2D eigenvalue weighted by Crippen LogP contribution is -2.49. The molecule has 0 spiro atoms. The molecule has 7 nitrogen and oxygen atoms in total. The van der Waals surface area contributed by atoms with Crippen molar-refractivity contribution in [1.29, 1.82) is 0 Å². The van der Waals surface area contributed by atoms with E-state index in [4.69, 9.17) is 0 Å². The minimum atomic E-state index is 0.0329. The van der Waals surface area contributed by atoms with Crippen LogP contribution in [-0.4, -0.2) is 56.3 Å². The number of pyridine rings is 1. The number of carbonyl (C=O) groups is 1. The summed E-state index contributed by atoms with van der Waals surface area (Å²) in [6.45, 7) is 6.76. The van der Waals surface area contributed by atoms with Gasteiger partial charge in [-0.05, 0) is 47.0 Å². The molecule has 0 radical (unpaired) electrons. The second-order valence-electron chi connectivity index (χ2n) is 6.65. The summed E-state index contributed by atoms with van der Waals surface area (Å²) in [5.74, 6) is 0.749. The number of fused-ring (bicyclic) bond motifs is 1. The fourth-order valence-corrected chi connectivity index (χ4v) is 4.11. The average Bonchev–Trinajstić information content (AvgIpc) is 3.07. The van der Waals surface area contributed by atoms with E-state index in [9.17, 15) is 4.79 Å². The van der Waals surface area contributed by atoms with Crippen LogP contribution in [0.15, 0.2) is 35.2 Å². The molecule has 3 aromatic rings. The van der Waals surface area contributed by atoms with E-state index >= 15 is 0 Å². The Hall–Kier alpha value is -2.48. The SMILES string of the molecule is CCc1nc2c(Br)cc(C)cn2c1C(=O)N1CCN(c2ncccn2)CC1. The third-order valence-electron chi connectivity index (χ3n) is 4.82. The number of imidazole rings is 1. The first kappa shape index (κ1) is 17.9. The lowest BCUT2D eigenvalue weighted by molar-refractivity contribution is 0.0738. The zero-order chi connectivity index (χ0) is 19.0. The van der Waals surface area contributed by atoms with Crippen LogP contribution in [0.1, 0.15) is 28.7 Å². The number of nitrogens with zero attached hydrogens (tertiary/aromatic N) is 6. The quantitative estimate of drug-likeness (QED) is 0.641. The number of anilines is 1. The first-order valence-corrected chi connectivity index (χ1v) is 9.86. The maximum absolute atomic E-state index is 13.3. The van der Waals surface area contributed by atoms with Gasteiger partial charge >= 0.3 is 0 Å². The molecule has 140 valence electrons. The summed E-state index contributed by atoms with van der Waals surface area (Å²) in [7, 11) is 0. The van der Waals surface area contributed by atoms with E-state index in [2.05, 4.69) is 35.8 Å². The highest BCUT2D eigenvalue weighted by Crippen LogP contribution is 2.24. The molecule has 0 N–H and O–H groups in total. The van der Waals surface area contributed by atoms with Gasteiger partial charge in [-0.1, -0.05) is 6.92 Å². The van der Waals surface area contributed by atoms with Crippen molar-refractivity contribution >= 4 is 33.4 Å². The molecule has 4 heterocycles. The van der Waals surface area contributed by atoms with Crippen LogP contribution in [0.4, 0.5) is 5.95 Å². The van der Waals surface area contributed by atoms with Crippen molar-refractivity contribution in [1.82, 2.24) is 24.3 Å². The summed E-state index contributed by atoms with van der Waals surface area (Å²) in [4.78, 5) is 30.6. The molecule has 0 aliphatic carbocycles. The van der Waals surface area contributed by atoms with E-state index in [1.54, 1.807) is 18.5 Å². The number of piperazine rings is 1. The molecule has 0 aromatic carbocycles. The first-order valence-electron chi connectivity index (χ1n) is 9.06. The molecule has 1 saturated heterocycles. The van der Waals surface area contributed by atoms with E-state index in [-0.39, 0.29) is 5.91 Å². The van der Waals surface area contributed by atoms with Crippen LogP contribution in [0.25, 0.3) is 5.65 Å². The summed E-state index contributed by atoms with van der Waals surface area (Å²) in [5, 5.41) is 0. The van der Waals surface area contributed by atoms with Gasteiger partial charge in [0.2, 0.25) is 5.95 Å². The molecule has 4 rings (SSSR count). The van der Waals surface area contributed by atoms with Gasteiger partial charge in [-0.15, -0.1) is 0 Å². The fourth-order valence-electron chi connectivity index (χ4n) is 3.47. The van der Waals surface area contributed by atoms with E-state index in [1.807, 2.05) is 35.4 Å². The molecule has 0 bridgehead atoms. The third-order valence-corrected chi connectivity index (χ3v) is 5.41. The lowest BCUT2D eigenvalue weighted by atomic mass is 10.2. The van der Waals surface area contributed by atoms with Crippen molar-refractivity contribution in [2.24, 2.45) is 0 Å². The maximum Gasteiger partial charge on any atom is 0.272 e. The van der Waals surface area contributed by atoms with Gasteiger partial charge in [0, 0.05) is 44.8 Å². The van der Waals surface area contributed by atoms with Crippen molar-refractivity contribution in [3.05, 3.63) is 52.1 Å². The lowest BCUT2D eigenvalue weighted by Gasteiger charge is -2.34. The highest BCUT2D eigenvalue weighted by Gasteiger charge is 2.28. The molecule has 1 amide bonds. The summed E-state index contributed by atoms with van der Waals surface area (Å²) in [6, 6.07) is 3.83. The molecule has 1 aliphatic heterocycles. The second-order valence-corrected chi connectivity index (χ2v) is 7.50. The van der Waals surface area contributed by atoms with Crippen LogP contribution < -0.4 is 4.90 Å². The Balaban J connectivity index is 1.60. The van der Waals surface area contributed by atoms with Gasteiger partial charge in [-0.3, -0.25) is 9.20 Å². The van der Waals surface area contributed by atoms with Gasteiger partial charge in [0.15, 0.2) is 5.65 Å². The van der Waals surface area contributed by atoms with Crippen molar-refractivity contribution in [3.63, 3.8) is 0 Å². The summed E-state index contributed by atoms with van der Waals surface area (Å²) in [6.07, 6.45) is 6.18. The van der Waals surface area contributed by atoms with E-state index in [0.717, 1.165) is 34.5 Å². The fraction of sp³-hybridized carbons (Fsp3) is 0.368. The number of carbonyl (C=O) groups excluding carboxylic acids is 1. The Kier molecular flexibility index (Phi) is 4.82. The number of aryl methyl sites for hydroxylation is 2. The Morgan fingerprint density at radius 2 is 1.89 bits per heavy atom. The molecule has 1 fully saturated rings. The third kappa shape index (κ3) is 3.29. The zero-order valence-electron chi connectivity index (χ0n) is 15.4. The largest absolute Gasteiger partial charge is 0.337 e. The molecule has 0 atom stereocenters. The van der Waals surface area contributed by atoms with Crippen LogP contribution in [0, 0.1) is 6.92 Å². The Bertz CT molecular complexity index is 979. The Morgan fingerprint density at radius 1 is 1.19 bits per heavy atom. The van der Waals surface area contributed by atoms with Crippen molar-refractivity contribution < 1.29 is 4.79 Å². The van der Waals surface area contributed by atoms with E-state index < -0.39 is 0 Å². The summed E-state index contributed by atoms with van der Waals surface area (Å²) in [5.41, 5.74) is 3.37. The van der Waals surface area contributed by atoms with Crippen LogP contribution in [0.2, 0.25) is 0 Å². The van der Waals surface area contributed by atoms with Crippen LogP contribution in [0.3, 0.4) is 0 Å². The number of amides is 1. The van der Waals surface area contributed by atoms with Crippen molar-refractivity contribution in [3.8, 4) is 0 Å². The number of rotatable bonds is 3. The van der Waals surface area contributed by atoms with Gasteiger partial charge in [0.05, 0.1) is 10.2 Å². The predicted molar refractivity (Wildman–Crippen MR) is 107 cm³/mol. The van der Waals surface area contributed by atoms with Gasteiger partial charge in [-0.25, -0.2) is 15.0 Å². The van der Waals surface area contributed by atoms with Crippen LogP contribution in [0.5, 0.6) is 0 Å². The second kappa shape index (κ2) is 7.26. The van der Waals surface area contributed by atoms with Crippen LogP contribution >= 0.6 is 15.9 Å². The maximum atomic E-state index is 13.3. The van der Waals surface area contributed by atoms with Gasteiger partial charge in [0.25, 0.3) is 5.91 Å². The normalized spacial score (nSPS) is 14.8. The highest BCUT2D eigenvalue weighted by atomic mass is 79.9. The summed E-state index contributed by atoms with van der Waals surface area (Å²) < 4.78 is 2.83.